The van der Waals surface area contributed by atoms with Gasteiger partial charge in [-0.3, -0.25) is 14.5 Å². The Labute approximate surface area is 167 Å². The van der Waals surface area contributed by atoms with Crippen LogP contribution < -0.4 is 5.32 Å². The van der Waals surface area contributed by atoms with Crippen LogP contribution in [-0.4, -0.2) is 34.2 Å². The Kier molecular flexibility index (Phi) is 5.87. The van der Waals surface area contributed by atoms with E-state index in [0.29, 0.717) is 15.9 Å². The molecule has 1 aliphatic heterocycles. The first-order valence-electron chi connectivity index (χ1n) is 8.49. The number of hydrogen-bond acceptors (Lipinski definition) is 4. The first-order chi connectivity index (χ1) is 12.8. The minimum Gasteiger partial charge on any atom is -0.326 e. The van der Waals surface area contributed by atoms with Crippen LogP contribution in [0, 0.1) is 13.8 Å². The van der Waals surface area contributed by atoms with Gasteiger partial charge in [0.1, 0.15) is 5.25 Å². The molecule has 0 radical (unpaired) electrons. The van der Waals surface area contributed by atoms with E-state index in [1.54, 1.807) is 25.2 Å². The third-order valence-electron chi connectivity index (χ3n) is 4.23. The molecule has 0 aromatic heterocycles. The summed E-state index contributed by atoms with van der Waals surface area (Å²) >= 11 is 7.25. The first kappa shape index (κ1) is 19.5. The van der Waals surface area contributed by atoms with Crippen molar-refractivity contribution in [3.8, 4) is 0 Å². The second-order valence-electron chi connectivity index (χ2n) is 6.45. The molecule has 0 aliphatic carbocycles. The van der Waals surface area contributed by atoms with Crippen LogP contribution in [0.4, 0.5) is 11.4 Å². The molecule has 0 unspecified atom stereocenters. The second-order valence-corrected chi connectivity index (χ2v) is 8.05. The lowest BCUT2D eigenvalue weighted by Gasteiger charge is -2.11. The van der Waals surface area contributed by atoms with Gasteiger partial charge in [-0.2, -0.15) is 0 Å². The van der Waals surface area contributed by atoms with Crippen molar-refractivity contribution < 1.29 is 9.59 Å². The molecule has 7 heteroatoms. The van der Waals surface area contributed by atoms with E-state index in [4.69, 9.17) is 11.6 Å². The van der Waals surface area contributed by atoms with Crippen LogP contribution in [0.5, 0.6) is 0 Å². The molecule has 0 saturated carbocycles. The fourth-order valence-electron chi connectivity index (χ4n) is 2.66. The number of rotatable bonds is 4. The van der Waals surface area contributed by atoms with E-state index >= 15 is 0 Å². The number of aliphatic imine (C=N–C) groups is 1. The fraction of sp³-hybridized carbons (Fsp3) is 0.250. The maximum Gasteiger partial charge on any atom is 0.242 e. The van der Waals surface area contributed by atoms with Crippen LogP contribution in [0.3, 0.4) is 0 Å². The van der Waals surface area contributed by atoms with Gasteiger partial charge in [-0.25, -0.2) is 4.99 Å². The lowest BCUT2D eigenvalue weighted by Crippen LogP contribution is -2.30. The van der Waals surface area contributed by atoms with Gasteiger partial charge in [-0.05, 0) is 49.7 Å². The number of hydrogen-bond donors (Lipinski definition) is 1. The van der Waals surface area contributed by atoms with Crippen molar-refractivity contribution in [3.05, 3.63) is 58.6 Å². The van der Waals surface area contributed by atoms with Gasteiger partial charge < -0.3 is 5.32 Å². The predicted octanol–water partition coefficient (Wildman–Crippen LogP) is 4.55. The standard InChI is InChI=1S/C20H20ClN3O2S/c1-12-4-7-15(8-5-12)22-20-24(3)19(26)17(27-20)11-18(25)23-16-9-6-14(21)10-13(16)2/h4-10,17H,11H2,1-3H3,(H,23,25)/t17-/m1/s1. The maximum absolute atomic E-state index is 12.5. The smallest absolute Gasteiger partial charge is 0.242 e. The van der Waals surface area contributed by atoms with Gasteiger partial charge in [0, 0.05) is 24.2 Å². The van der Waals surface area contributed by atoms with Crippen molar-refractivity contribution in [2.45, 2.75) is 25.5 Å². The molecule has 1 N–H and O–H groups in total. The van der Waals surface area contributed by atoms with E-state index < -0.39 is 5.25 Å². The van der Waals surface area contributed by atoms with Crippen molar-refractivity contribution in [1.82, 2.24) is 4.90 Å². The van der Waals surface area contributed by atoms with Gasteiger partial charge in [0.2, 0.25) is 11.8 Å². The fourth-order valence-corrected chi connectivity index (χ4v) is 4.04. The number of thioether (sulfide) groups is 1. The maximum atomic E-state index is 12.5. The molecule has 1 saturated heterocycles. The predicted molar refractivity (Wildman–Crippen MR) is 112 cm³/mol. The summed E-state index contributed by atoms with van der Waals surface area (Å²) in [6.07, 6.45) is 0.0861. The number of carbonyl (C=O) groups is 2. The lowest BCUT2D eigenvalue weighted by atomic mass is 10.2. The molecule has 3 rings (SSSR count). The molecular formula is C20H20ClN3O2S. The van der Waals surface area contributed by atoms with Crippen molar-refractivity contribution in [2.75, 3.05) is 12.4 Å². The van der Waals surface area contributed by atoms with Gasteiger partial charge in [-0.15, -0.1) is 0 Å². The van der Waals surface area contributed by atoms with Crippen molar-refractivity contribution in [1.29, 1.82) is 0 Å². The Morgan fingerprint density at radius 1 is 1.22 bits per heavy atom. The summed E-state index contributed by atoms with van der Waals surface area (Å²) in [5.41, 5.74) is 3.50. The van der Waals surface area contributed by atoms with Crippen LogP contribution in [0.1, 0.15) is 17.5 Å². The number of halogens is 1. The largest absolute Gasteiger partial charge is 0.326 e. The molecule has 5 nitrogen and oxygen atoms in total. The number of nitrogens with zero attached hydrogens (tertiary/aromatic N) is 2. The molecule has 1 fully saturated rings. The Morgan fingerprint density at radius 2 is 1.93 bits per heavy atom. The van der Waals surface area contributed by atoms with E-state index in [2.05, 4.69) is 10.3 Å². The lowest BCUT2D eigenvalue weighted by molar-refractivity contribution is -0.127. The summed E-state index contributed by atoms with van der Waals surface area (Å²) in [5.74, 6) is -0.329. The van der Waals surface area contributed by atoms with Gasteiger partial charge >= 0.3 is 0 Å². The minimum atomic E-state index is -0.480. The molecule has 2 aromatic rings. The van der Waals surface area contributed by atoms with Crippen molar-refractivity contribution in [2.24, 2.45) is 4.99 Å². The monoisotopic (exact) mass is 401 g/mol. The number of amidine groups is 1. The second kappa shape index (κ2) is 8.15. The van der Waals surface area contributed by atoms with Gasteiger partial charge in [0.15, 0.2) is 5.17 Å². The van der Waals surface area contributed by atoms with Crippen molar-refractivity contribution >= 4 is 51.7 Å². The molecule has 2 aromatic carbocycles. The summed E-state index contributed by atoms with van der Waals surface area (Å²) in [7, 11) is 1.68. The molecule has 2 amide bonds. The zero-order valence-corrected chi connectivity index (χ0v) is 16.9. The summed E-state index contributed by atoms with van der Waals surface area (Å²) in [5, 5.41) is 3.59. The molecular weight excluding hydrogens is 382 g/mol. The summed E-state index contributed by atoms with van der Waals surface area (Å²) in [6.45, 7) is 3.88. The zero-order valence-electron chi connectivity index (χ0n) is 15.3. The Bertz CT molecular complexity index is 912. The molecule has 0 bridgehead atoms. The molecule has 0 spiro atoms. The Hall–Kier alpha value is -2.31. The van der Waals surface area contributed by atoms with Crippen molar-refractivity contribution in [3.63, 3.8) is 0 Å². The van der Waals surface area contributed by atoms with Gasteiger partial charge in [0.05, 0.1) is 5.69 Å². The van der Waals surface area contributed by atoms with Crippen LogP contribution in [0.25, 0.3) is 0 Å². The summed E-state index contributed by atoms with van der Waals surface area (Å²) in [6, 6.07) is 13.0. The highest BCUT2D eigenvalue weighted by atomic mass is 35.5. The van der Waals surface area contributed by atoms with E-state index in [-0.39, 0.29) is 18.2 Å². The van der Waals surface area contributed by atoms with Crippen LogP contribution in [0.2, 0.25) is 5.02 Å². The van der Waals surface area contributed by atoms with Crippen LogP contribution >= 0.6 is 23.4 Å². The molecule has 27 heavy (non-hydrogen) atoms. The molecule has 1 heterocycles. The third kappa shape index (κ3) is 4.70. The van der Waals surface area contributed by atoms with Gasteiger partial charge in [0.25, 0.3) is 0 Å². The number of aryl methyl sites for hydroxylation is 2. The Morgan fingerprint density at radius 3 is 2.59 bits per heavy atom. The molecule has 1 atom stereocenters. The Balaban J connectivity index is 1.67. The van der Waals surface area contributed by atoms with E-state index in [1.165, 1.54) is 16.7 Å². The number of amides is 2. The summed E-state index contributed by atoms with van der Waals surface area (Å²) < 4.78 is 0. The SMILES string of the molecule is Cc1ccc(N=C2S[C@H](CC(=O)Nc3ccc(Cl)cc3C)C(=O)N2C)cc1. The average Bonchev–Trinajstić information content (AvgIpc) is 2.87. The minimum absolute atomic E-state index is 0.0861. The van der Waals surface area contributed by atoms with E-state index in [0.717, 1.165) is 16.8 Å². The number of anilines is 1. The first-order valence-corrected chi connectivity index (χ1v) is 9.75. The number of nitrogens with one attached hydrogen (secondary N) is 1. The highest BCUT2D eigenvalue weighted by Crippen LogP contribution is 2.31. The van der Waals surface area contributed by atoms with E-state index in [9.17, 15) is 9.59 Å². The molecule has 140 valence electrons. The van der Waals surface area contributed by atoms with Gasteiger partial charge in [-0.1, -0.05) is 41.1 Å². The number of benzene rings is 2. The normalized spacial score (nSPS) is 18.2. The highest BCUT2D eigenvalue weighted by Gasteiger charge is 2.37. The highest BCUT2D eigenvalue weighted by molar-refractivity contribution is 8.15. The average molecular weight is 402 g/mol. The summed E-state index contributed by atoms with van der Waals surface area (Å²) in [4.78, 5) is 30.9. The zero-order chi connectivity index (χ0) is 19.6. The topological polar surface area (TPSA) is 61.8 Å². The van der Waals surface area contributed by atoms with Crippen LogP contribution in [0.15, 0.2) is 47.5 Å². The molecule has 1 aliphatic rings. The third-order valence-corrected chi connectivity index (χ3v) is 5.70. The van der Waals surface area contributed by atoms with E-state index in [1.807, 2.05) is 38.1 Å². The quantitative estimate of drug-likeness (QED) is 0.817. The van der Waals surface area contributed by atoms with Crippen LogP contribution in [-0.2, 0) is 9.59 Å². The number of carbonyl (C=O) groups excluding carboxylic acids is 2.